The van der Waals surface area contributed by atoms with Crippen LogP contribution in [0.4, 0.5) is 11.4 Å². The van der Waals surface area contributed by atoms with Crippen LogP contribution in [0.5, 0.6) is 0 Å². The highest BCUT2D eigenvalue weighted by atomic mass is 79.9. The number of anilines is 2. The first-order chi connectivity index (χ1) is 9.88. The molecule has 0 aliphatic heterocycles. The van der Waals surface area contributed by atoms with Gasteiger partial charge < -0.3 is 11.1 Å². The zero-order chi connectivity index (χ0) is 15.5. The van der Waals surface area contributed by atoms with E-state index in [1.54, 1.807) is 36.4 Å². The SMILES string of the molecule is Nc1ccccc1NC(=O)CS(=O)(=O)c1cccc(Br)c1. The summed E-state index contributed by atoms with van der Waals surface area (Å²) in [5.74, 6) is -1.27. The van der Waals surface area contributed by atoms with Crippen LogP contribution >= 0.6 is 15.9 Å². The molecule has 0 aliphatic carbocycles. The van der Waals surface area contributed by atoms with Gasteiger partial charge in [-0.3, -0.25) is 4.79 Å². The Bertz CT molecular complexity index is 775. The summed E-state index contributed by atoms with van der Waals surface area (Å²) in [6, 6.07) is 12.9. The molecular formula is C14H13BrN2O3S. The van der Waals surface area contributed by atoms with Crippen molar-refractivity contribution in [2.24, 2.45) is 0 Å². The molecule has 0 atom stereocenters. The predicted molar refractivity (Wildman–Crippen MR) is 85.7 cm³/mol. The first kappa shape index (κ1) is 15.5. The maximum Gasteiger partial charge on any atom is 0.240 e. The van der Waals surface area contributed by atoms with E-state index in [0.717, 1.165) is 0 Å². The Kier molecular flexibility index (Phi) is 4.64. The van der Waals surface area contributed by atoms with Gasteiger partial charge in [0.1, 0.15) is 5.75 Å². The number of para-hydroxylation sites is 2. The third-order valence-electron chi connectivity index (χ3n) is 2.71. The third kappa shape index (κ3) is 4.05. The molecule has 2 rings (SSSR count). The minimum atomic E-state index is -3.70. The number of nitrogens with one attached hydrogen (secondary N) is 1. The molecule has 0 unspecified atom stereocenters. The van der Waals surface area contributed by atoms with Crippen molar-refractivity contribution in [3.05, 3.63) is 53.0 Å². The van der Waals surface area contributed by atoms with Gasteiger partial charge in [-0.05, 0) is 30.3 Å². The van der Waals surface area contributed by atoms with Crippen LogP contribution in [0, 0.1) is 0 Å². The largest absolute Gasteiger partial charge is 0.397 e. The summed E-state index contributed by atoms with van der Waals surface area (Å²) < 4.78 is 24.9. The fourth-order valence-corrected chi connectivity index (χ4v) is 3.44. The lowest BCUT2D eigenvalue weighted by Crippen LogP contribution is -2.23. The molecule has 0 saturated carbocycles. The molecule has 0 fully saturated rings. The van der Waals surface area contributed by atoms with Gasteiger partial charge >= 0.3 is 0 Å². The second-order valence-corrected chi connectivity index (χ2v) is 7.26. The summed E-state index contributed by atoms with van der Waals surface area (Å²) in [5, 5.41) is 2.50. The topological polar surface area (TPSA) is 89.3 Å². The van der Waals surface area contributed by atoms with Crippen molar-refractivity contribution < 1.29 is 13.2 Å². The maximum atomic E-state index is 12.2. The average Bonchev–Trinajstić information content (AvgIpc) is 2.41. The summed E-state index contributed by atoms with van der Waals surface area (Å²) in [5.41, 5.74) is 6.47. The lowest BCUT2D eigenvalue weighted by atomic mass is 10.3. The van der Waals surface area contributed by atoms with E-state index >= 15 is 0 Å². The Hall–Kier alpha value is -1.86. The lowest BCUT2D eigenvalue weighted by molar-refractivity contribution is -0.113. The van der Waals surface area contributed by atoms with Gasteiger partial charge in [0.25, 0.3) is 0 Å². The molecule has 0 bridgehead atoms. The minimum absolute atomic E-state index is 0.0908. The minimum Gasteiger partial charge on any atom is -0.397 e. The van der Waals surface area contributed by atoms with Crippen LogP contribution < -0.4 is 11.1 Å². The molecule has 0 radical (unpaired) electrons. The van der Waals surface area contributed by atoms with Crippen LogP contribution in [0.25, 0.3) is 0 Å². The molecule has 2 aromatic rings. The number of sulfone groups is 1. The highest BCUT2D eigenvalue weighted by Crippen LogP contribution is 2.19. The first-order valence-corrected chi connectivity index (χ1v) is 8.46. The number of nitrogens with two attached hydrogens (primary N) is 1. The Labute approximate surface area is 131 Å². The molecule has 0 aliphatic rings. The highest BCUT2D eigenvalue weighted by molar-refractivity contribution is 9.10. The maximum absolute atomic E-state index is 12.2. The first-order valence-electron chi connectivity index (χ1n) is 6.01. The van der Waals surface area contributed by atoms with Gasteiger partial charge in [-0.1, -0.05) is 34.1 Å². The molecule has 0 spiro atoms. The number of hydrogen-bond donors (Lipinski definition) is 2. The van der Waals surface area contributed by atoms with E-state index < -0.39 is 21.5 Å². The van der Waals surface area contributed by atoms with E-state index in [-0.39, 0.29) is 4.90 Å². The molecule has 5 nitrogen and oxygen atoms in total. The van der Waals surface area contributed by atoms with Crippen molar-refractivity contribution in [1.29, 1.82) is 0 Å². The quantitative estimate of drug-likeness (QED) is 0.811. The summed E-state index contributed by atoms with van der Waals surface area (Å²) >= 11 is 3.20. The summed E-state index contributed by atoms with van der Waals surface area (Å²) in [6.07, 6.45) is 0. The molecule has 1 amide bonds. The summed E-state index contributed by atoms with van der Waals surface area (Å²) in [4.78, 5) is 12.0. The molecule has 3 N–H and O–H groups in total. The van der Waals surface area contributed by atoms with Gasteiger partial charge in [0, 0.05) is 4.47 Å². The second-order valence-electron chi connectivity index (χ2n) is 4.35. The van der Waals surface area contributed by atoms with Crippen LogP contribution in [-0.4, -0.2) is 20.1 Å². The van der Waals surface area contributed by atoms with Crippen LogP contribution in [0.15, 0.2) is 57.9 Å². The van der Waals surface area contributed by atoms with Gasteiger partial charge in [-0.25, -0.2) is 8.42 Å². The van der Waals surface area contributed by atoms with Gasteiger partial charge in [0.2, 0.25) is 5.91 Å². The number of rotatable bonds is 4. The number of halogens is 1. The van der Waals surface area contributed by atoms with Crippen molar-refractivity contribution in [2.45, 2.75) is 4.90 Å². The third-order valence-corrected chi connectivity index (χ3v) is 4.82. The second kappa shape index (κ2) is 6.28. The number of nitrogen functional groups attached to an aromatic ring is 1. The smallest absolute Gasteiger partial charge is 0.240 e. The number of hydrogen-bond acceptors (Lipinski definition) is 4. The summed E-state index contributed by atoms with van der Waals surface area (Å²) in [7, 11) is -3.70. The van der Waals surface area contributed by atoms with E-state index in [4.69, 9.17) is 5.73 Å². The molecule has 0 saturated heterocycles. The monoisotopic (exact) mass is 368 g/mol. The van der Waals surface area contributed by atoms with Gasteiger partial charge in [0.05, 0.1) is 16.3 Å². The van der Waals surface area contributed by atoms with Crippen molar-refractivity contribution >= 4 is 43.0 Å². The lowest BCUT2D eigenvalue weighted by Gasteiger charge is -2.08. The zero-order valence-electron chi connectivity index (χ0n) is 10.9. The van der Waals surface area contributed by atoms with Crippen molar-refractivity contribution in [3.8, 4) is 0 Å². The van der Waals surface area contributed by atoms with Crippen LogP contribution in [0.3, 0.4) is 0 Å². The van der Waals surface area contributed by atoms with Gasteiger partial charge in [-0.2, -0.15) is 0 Å². The van der Waals surface area contributed by atoms with E-state index in [1.165, 1.54) is 12.1 Å². The molecule has 0 aromatic heterocycles. The summed E-state index contributed by atoms with van der Waals surface area (Å²) in [6.45, 7) is 0. The Balaban J connectivity index is 2.14. The molecule has 110 valence electrons. The van der Waals surface area contributed by atoms with Gasteiger partial charge in [-0.15, -0.1) is 0 Å². The van der Waals surface area contributed by atoms with Crippen molar-refractivity contribution in [3.63, 3.8) is 0 Å². The number of benzene rings is 2. The van der Waals surface area contributed by atoms with E-state index in [0.29, 0.717) is 15.8 Å². The standard InChI is InChI=1S/C14H13BrN2O3S/c15-10-4-3-5-11(8-10)21(19,20)9-14(18)17-13-7-2-1-6-12(13)16/h1-8H,9,16H2,(H,17,18). The van der Waals surface area contributed by atoms with E-state index in [9.17, 15) is 13.2 Å². The fourth-order valence-electron chi connectivity index (χ4n) is 1.71. The Morgan fingerprint density at radius 3 is 2.52 bits per heavy atom. The fraction of sp³-hybridized carbons (Fsp3) is 0.0714. The molecule has 7 heteroatoms. The zero-order valence-corrected chi connectivity index (χ0v) is 13.3. The Morgan fingerprint density at radius 1 is 1.14 bits per heavy atom. The van der Waals surface area contributed by atoms with Crippen molar-refractivity contribution in [2.75, 3.05) is 16.8 Å². The van der Waals surface area contributed by atoms with Crippen LogP contribution in [0.1, 0.15) is 0 Å². The number of carbonyl (C=O) groups is 1. The average molecular weight is 369 g/mol. The number of amides is 1. The Morgan fingerprint density at radius 2 is 1.86 bits per heavy atom. The molecule has 0 heterocycles. The predicted octanol–water partition coefficient (Wildman–Crippen LogP) is 2.44. The number of carbonyl (C=O) groups excluding carboxylic acids is 1. The van der Waals surface area contributed by atoms with Crippen LogP contribution in [-0.2, 0) is 14.6 Å². The molecule has 21 heavy (non-hydrogen) atoms. The molecular weight excluding hydrogens is 356 g/mol. The van der Waals surface area contributed by atoms with E-state index in [1.807, 2.05) is 0 Å². The van der Waals surface area contributed by atoms with Gasteiger partial charge in [0.15, 0.2) is 9.84 Å². The highest BCUT2D eigenvalue weighted by Gasteiger charge is 2.20. The van der Waals surface area contributed by atoms with E-state index in [2.05, 4.69) is 21.2 Å². The molecule has 2 aromatic carbocycles. The normalized spacial score (nSPS) is 11.1. The van der Waals surface area contributed by atoms with Crippen molar-refractivity contribution in [1.82, 2.24) is 0 Å². The van der Waals surface area contributed by atoms with Crippen LogP contribution in [0.2, 0.25) is 0 Å².